The van der Waals surface area contributed by atoms with Crippen LogP contribution in [0.25, 0.3) is 5.76 Å². The van der Waals surface area contributed by atoms with Crippen molar-refractivity contribution >= 4 is 34.7 Å². The van der Waals surface area contributed by atoms with E-state index in [0.29, 0.717) is 39.8 Å². The number of carbonyl (C=O) groups is 2. The number of Topliss-reactive ketones (excluding diaryl/α,β-unsaturated/α-hetero) is 1. The first-order valence-electron chi connectivity index (χ1n) is 10.2. The SMILES string of the molecule is CCOc1cc(/C(O)=C2/C(=O)C(=O)N(c3ccc(C#N)cc3)C2c2ccccc2)ccc1Cl. The number of benzene rings is 3. The molecule has 0 bridgehead atoms. The molecule has 1 unspecified atom stereocenters. The van der Waals surface area contributed by atoms with Crippen molar-refractivity contribution in [3.8, 4) is 11.8 Å². The summed E-state index contributed by atoms with van der Waals surface area (Å²) < 4.78 is 5.51. The molecule has 1 heterocycles. The van der Waals surface area contributed by atoms with E-state index in [1.807, 2.05) is 12.1 Å². The molecule has 0 spiro atoms. The highest BCUT2D eigenvalue weighted by Crippen LogP contribution is 2.42. The maximum Gasteiger partial charge on any atom is 0.300 e. The minimum atomic E-state index is -0.856. The van der Waals surface area contributed by atoms with Gasteiger partial charge in [0, 0.05) is 11.3 Å². The zero-order valence-electron chi connectivity index (χ0n) is 17.7. The fraction of sp³-hybridized carbons (Fsp3) is 0.115. The Hall–Kier alpha value is -4.08. The van der Waals surface area contributed by atoms with Crippen LogP contribution in [0.4, 0.5) is 5.69 Å². The Kier molecular flexibility index (Phi) is 6.16. The number of hydrogen-bond donors (Lipinski definition) is 1. The second-order valence-electron chi connectivity index (χ2n) is 7.32. The number of halogens is 1. The van der Waals surface area contributed by atoms with Gasteiger partial charge in [0.2, 0.25) is 0 Å². The molecular weight excluding hydrogens is 440 g/mol. The average Bonchev–Trinajstić information content (AvgIpc) is 3.11. The second-order valence-corrected chi connectivity index (χ2v) is 7.72. The van der Waals surface area contributed by atoms with Crippen LogP contribution in [0.3, 0.4) is 0 Å². The predicted molar refractivity (Wildman–Crippen MR) is 125 cm³/mol. The van der Waals surface area contributed by atoms with Gasteiger partial charge in [-0.1, -0.05) is 41.9 Å². The quantitative estimate of drug-likeness (QED) is 0.321. The van der Waals surface area contributed by atoms with E-state index in [2.05, 4.69) is 0 Å². The molecule has 164 valence electrons. The van der Waals surface area contributed by atoms with E-state index in [9.17, 15) is 14.7 Å². The Bertz CT molecular complexity index is 1290. The molecule has 3 aromatic carbocycles. The van der Waals surface area contributed by atoms with Crippen LogP contribution in [0.2, 0.25) is 5.02 Å². The lowest BCUT2D eigenvalue weighted by molar-refractivity contribution is -0.132. The number of carbonyl (C=O) groups excluding carboxylic acids is 2. The first-order chi connectivity index (χ1) is 16.0. The maximum absolute atomic E-state index is 13.2. The van der Waals surface area contributed by atoms with Crippen LogP contribution in [0.1, 0.15) is 29.7 Å². The summed E-state index contributed by atoms with van der Waals surface area (Å²) in [5.41, 5.74) is 1.79. The molecule has 0 aromatic heterocycles. The van der Waals surface area contributed by atoms with Gasteiger partial charge < -0.3 is 9.84 Å². The van der Waals surface area contributed by atoms with Gasteiger partial charge in [-0.2, -0.15) is 5.26 Å². The number of aliphatic hydroxyl groups excluding tert-OH is 1. The molecule has 4 rings (SSSR count). The van der Waals surface area contributed by atoms with Crippen LogP contribution in [-0.2, 0) is 9.59 Å². The number of nitrogens with zero attached hydrogens (tertiary/aromatic N) is 2. The third-order valence-electron chi connectivity index (χ3n) is 5.34. The zero-order chi connectivity index (χ0) is 23.5. The van der Waals surface area contributed by atoms with Crippen molar-refractivity contribution in [3.63, 3.8) is 0 Å². The molecule has 3 aromatic rings. The van der Waals surface area contributed by atoms with Crippen LogP contribution >= 0.6 is 11.6 Å². The number of rotatable bonds is 5. The number of anilines is 1. The Balaban J connectivity index is 1.91. The first kappa shape index (κ1) is 22.1. The normalized spacial score (nSPS) is 17.1. The van der Waals surface area contributed by atoms with Crippen molar-refractivity contribution in [3.05, 3.63) is 100 Å². The van der Waals surface area contributed by atoms with Crippen LogP contribution < -0.4 is 9.64 Å². The molecule has 0 radical (unpaired) electrons. The summed E-state index contributed by atoms with van der Waals surface area (Å²) in [5.74, 6) is -1.54. The lowest BCUT2D eigenvalue weighted by Crippen LogP contribution is -2.29. The van der Waals surface area contributed by atoms with Gasteiger partial charge >= 0.3 is 0 Å². The number of nitriles is 1. The number of amides is 1. The minimum absolute atomic E-state index is 0.0414. The summed E-state index contributed by atoms with van der Waals surface area (Å²) in [6.45, 7) is 2.18. The average molecular weight is 459 g/mol. The van der Waals surface area contributed by atoms with Gasteiger partial charge in [-0.25, -0.2) is 0 Å². The zero-order valence-corrected chi connectivity index (χ0v) is 18.4. The minimum Gasteiger partial charge on any atom is -0.507 e. The Labute approximate surface area is 195 Å². The van der Waals surface area contributed by atoms with Gasteiger partial charge in [-0.15, -0.1) is 0 Å². The van der Waals surface area contributed by atoms with Gasteiger partial charge in [0.25, 0.3) is 11.7 Å². The van der Waals surface area contributed by atoms with E-state index in [0.717, 1.165) is 0 Å². The number of hydrogen-bond acceptors (Lipinski definition) is 5. The highest BCUT2D eigenvalue weighted by Gasteiger charge is 2.46. The Morgan fingerprint density at radius 2 is 1.79 bits per heavy atom. The summed E-state index contributed by atoms with van der Waals surface area (Å²) >= 11 is 6.17. The van der Waals surface area contributed by atoms with E-state index >= 15 is 0 Å². The molecule has 0 aliphatic carbocycles. The lowest BCUT2D eigenvalue weighted by Gasteiger charge is -2.25. The molecular formula is C26H19ClN2O4. The predicted octanol–water partition coefficient (Wildman–Crippen LogP) is 5.24. The molecule has 1 fully saturated rings. The molecule has 7 heteroatoms. The molecule has 1 aliphatic heterocycles. The summed E-state index contributed by atoms with van der Waals surface area (Å²) in [6.07, 6.45) is 0. The largest absolute Gasteiger partial charge is 0.507 e. The van der Waals surface area contributed by atoms with Gasteiger partial charge in [-0.3, -0.25) is 14.5 Å². The van der Waals surface area contributed by atoms with Crippen molar-refractivity contribution in [1.82, 2.24) is 0 Å². The van der Waals surface area contributed by atoms with E-state index in [1.54, 1.807) is 73.7 Å². The Morgan fingerprint density at radius 3 is 2.42 bits per heavy atom. The standard InChI is InChI=1S/C26H19ClN2O4/c1-2-33-21-14-18(10-13-20(21)27)24(30)22-23(17-6-4-3-5-7-17)29(26(32)25(22)31)19-11-8-16(15-28)9-12-19/h3-14,23,30H,2H2,1H3/b24-22-. The smallest absolute Gasteiger partial charge is 0.300 e. The molecule has 1 N–H and O–H groups in total. The fourth-order valence-electron chi connectivity index (χ4n) is 3.82. The lowest BCUT2D eigenvalue weighted by atomic mass is 9.95. The topological polar surface area (TPSA) is 90.6 Å². The van der Waals surface area contributed by atoms with Crippen molar-refractivity contribution in [2.75, 3.05) is 11.5 Å². The molecule has 0 saturated carbocycles. The Morgan fingerprint density at radius 1 is 1.09 bits per heavy atom. The highest BCUT2D eigenvalue weighted by molar-refractivity contribution is 6.51. The van der Waals surface area contributed by atoms with Crippen molar-refractivity contribution in [2.24, 2.45) is 0 Å². The van der Waals surface area contributed by atoms with Gasteiger partial charge in [0.1, 0.15) is 11.5 Å². The first-order valence-corrected chi connectivity index (χ1v) is 10.6. The van der Waals surface area contributed by atoms with E-state index < -0.39 is 17.7 Å². The van der Waals surface area contributed by atoms with Gasteiger partial charge in [0.15, 0.2) is 0 Å². The monoisotopic (exact) mass is 458 g/mol. The molecule has 33 heavy (non-hydrogen) atoms. The molecule has 1 amide bonds. The maximum atomic E-state index is 13.2. The second kappa shape index (κ2) is 9.19. The summed E-state index contributed by atoms with van der Waals surface area (Å²) in [7, 11) is 0. The molecule has 6 nitrogen and oxygen atoms in total. The van der Waals surface area contributed by atoms with Crippen LogP contribution in [0.5, 0.6) is 5.75 Å². The summed E-state index contributed by atoms with van der Waals surface area (Å²) in [4.78, 5) is 27.6. The third kappa shape index (κ3) is 4.07. The van der Waals surface area contributed by atoms with Crippen molar-refractivity contribution in [2.45, 2.75) is 13.0 Å². The van der Waals surface area contributed by atoms with Crippen LogP contribution in [0.15, 0.2) is 78.4 Å². The van der Waals surface area contributed by atoms with Crippen molar-refractivity contribution in [1.29, 1.82) is 5.26 Å². The number of aliphatic hydroxyl groups is 1. The van der Waals surface area contributed by atoms with Gasteiger partial charge in [-0.05, 0) is 55.0 Å². The molecule has 1 saturated heterocycles. The molecule has 1 aliphatic rings. The van der Waals surface area contributed by atoms with E-state index in [1.165, 1.54) is 4.90 Å². The third-order valence-corrected chi connectivity index (χ3v) is 5.65. The van der Waals surface area contributed by atoms with E-state index in [-0.39, 0.29) is 11.3 Å². The number of ether oxygens (including phenoxy) is 1. The van der Waals surface area contributed by atoms with E-state index in [4.69, 9.17) is 21.6 Å². The highest BCUT2D eigenvalue weighted by atomic mass is 35.5. The molecule has 1 atom stereocenters. The van der Waals surface area contributed by atoms with Crippen LogP contribution in [-0.4, -0.2) is 23.4 Å². The van der Waals surface area contributed by atoms with Crippen LogP contribution in [0, 0.1) is 11.3 Å². The summed E-state index contributed by atoms with van der Waals surface area (Å²) in [5, 5.41) is 20.7. The van der Waals surface area contributed by atoms with Gasteiger partial charge in [0.05, 0.1) is 34.9 Å². The fourth-order valence-corrected chi connectivity index (χ4v) is 3.99. The summed E-state index contributed by atoms with van der Waals surface area (Å²) in [6, 6.07) is 21.2. The number of ketones is 1. The van der Waals surface area contributed by atoms with Crippen molar-refractivity contribution < 1.29 is 19.4 Å².